The van der Waals surface area contributed by atoms with Gasteiger partial charge in [0.25, 0.3) is 0 Å². The summed E-state index contributed by atoms with van der Waals surface area (Å²) in [7, 11) is 0. The summed E-state index contributed by atoms with van der Waals surface area (Å²) in [5.74, 6) is 0.578. The molecule has 1 aliphatic carbocycles. The van der Waals surface area contributed by atoms with Crippen LogP contribution in [0.5, 0.6) is 0 Å². The van der Waals surface area contributed by atoms with Gasteiger partial charge in [0.05, 0.1) is 16.3 Å². The number of aromatic nitrogens is 5. The lowest BCUT2D eigenvalue weighted by Crippen LogP contribution is -1.97. The Hall–Kier alpha value is -1.96. The maximum Gasteiger partial charge on any atom is 0.216 e. The van der Waals surface area contributed by atoms with E-state index in [-0.39, 0.29) is 0 Å². The monoisotopic (exact) mass is 378 g/mol. The first kappa shape index (κ1) is 15.6. The van der Waals surface area contributed by atoms with Gasteiger partial charge in [-0.3, -0.25) is 5.10 Å². The molecule has 1 aromatic carbocycles. The molecular formula is C15H12Cl2N6S. The van der Waals surface area contributed by atoms with Gasteiger partial charge < -0.3 is 0 Å². The van der Waals surface area contributed by atoms with Gasteiger partial charge in [-0.05, 0) is 37.5 Å². The molecule has 1 aliphatic rings. The Morgan fingerprint density at radius 1 is 1.21 bits per heavy atom. The second-order valence-electron chi connectivity index (χ2n) is 5.43. The number of benzene rings is 1. The Morgan fingerprint density at radius 3 is 2.96 bits per heavy atom. The lowest BCUT2D eigenvalue weighted by molar-refractivity contribution is 0.844. The average molecular weight is 379 g/mol. The van der Waals surface area contributed by atoms with Crippen molar-refractivity contribution in [3.05, 3.63) is 49.8 Å². The van der Waals surface area contributed by atoms with Gasteiger partial charge in [-0.15, -0.1) is 0 Å². The molecule has 0 atom stereocenters. The van der Waals surface area contributed by atoms with Crippen LogP contribution in [0.4, 0.5) is 0 Å². The van der Waals surface area contributed by atoms with Crippen molar-refractivity contribution >= 4 is 41.6 Å². The quantitative estimate of drug-likeness (QED) is 0.533. The fourth-order valence-corrected chi connectivity index (χ4v) is 3.33. The third-order valence-corrected chi connectivity index (χ3v) is 5.06. The van der Waals surface area contributed by atoms with Gasteiger partial charge in [0, 0.05) is 16.8 Å². The fourth-order valence-electron chi connectivity index (χ4n) is 2.80. The molecule has 0 unspecified atom stereocenters. The Labute approximate surface area is 152 Å². The maximum absolute atomic E-state index is 6.19. The van der Waals surface area contributed by atoms with Gasteiger partial charge in [-0.1, -0.05) is 35.3 Å². The molecule has 0 radical (unpaired) electrons. The second-order valence-corrected chi connectivity index (χ2v) is 6.61. The Kier molecular flexibility index (Phi) is 3.99. The summed E-state index contributed by atoms with van der Waals surface area (Å²) < 4.78 is 1.93. The van der Waals surface area contributed by atoms with E-state index in [1.807, 2.05) is 12.1 Å². The number of rotatable bonds is 3. The summed E-state index contributed by atoms with van der Waals surface area (Å²) in [6.45, 7) is 0. The van der Waals surface area contributed by atoms with Gasteiger partial charge >= 0.3 is 0 Å². The van der Waals surface area contributed by atoms with E-state index in [4.69, 9.17) is 35.4 Å². The minimum Gasteiger partial charge on any atom is -0.282 e. The second kappa shape index (κ2) is 6.16. The molecule has 122 valence electrons. The molecule has 0 aliphatic heterocycles. The average Bonchev–Trinajstić information content (AvgIpc) is 3.25. The van der Waals surface area contributed by atoms with Crippen LogP contribution < -0.4 is 0 Å². The van der Waals surface area contributed by atoms with Crippen molar-refractivity contribution in [2.45, 2.75) is 19.3 Å². The van der Waals surface area contributed by atoms with E-state index in [2.05, 4.69) is 25.5 Å². The Bertz CT molecular complexity index is 1000. The van der Waals surface area contributed by atoms with Gasteiger partial charge in [0.1, 0.15) is 5.69 Å². The Morgan fingerprint density at radius 2 is 2.08 bits per heavy atom. The molecule has 24 heavy (non-hydrogen) atoms. The zero-order valence-electron chi connectivity index (χ0n) is 12.4. The van der Waals surface area contributed by atoms with Crippen LogP contribution in [-0.4, -0.2) is 31.3 Å². The van der Waals surface area contributed by atoms with Crippen molar-refractivity contribution in [3.63, 3.8) is 0 Å². The highest BCUT2D eigenvalue weighted by molar-refractivity contribution is 7.71. The van der Waals surface area contributed by atoms with Crippen molar-refractivity contribution in [1.82, 2.24) is 25.1 Å². The molecular weight excluding hydrogens is 367 g/mol. The van der Waals surface area contributed by atoms with E-state index >= 15 is 0 Å². The highest BCUT2D eigenvalue weighted by Gasteiger charge is 2.23. The molecule has 4 rings (SSSR count). The van der Waals surface area contributed by atoms with Gasteiger partial charge in [0.2, 0.25) is 10.6 Å². The van der Waals surface area contributed by atoms with Crippen molar-refractivity contribution in [2.75, 3.05) is 0 Å². The van der Waals surface area contributed by atoms with Crippen LogP contribution in [0, 0.1) is 4.77 Å². The zero-order valence-corrected chi connectivity index (χ0v) is 14.7. The van der Waals surface area contributed by atoms with E-state index < -0.39 is 0 Å². The van der Waals surface area contributed by atoms with Gasteiger partial charge in [0.15, 0.2) is 0 Å². The topological polar surface area (TPSA) is 74.7 Å². The van der Waals surface area contributed by atoms with Gasteiger partial charge in [-0.2, -0.15) is 20.0 Å². The number of aryl methyl sites for hydroxylation is 1. The highest BCUT2D eigenvalue weighted by atomic mass is 35.5. The predicted octanol–water partition coefficient (Wildman–Crippen LogP) is 4.01. The standard InChI is InChI=1S/C15H12Cl2N6S/c16-10-5-1-3-8(12(10)17)7-18-23-14(21-22-15(23)24)13-9-4-2-6-11(9)19-20-13/h1,3,5,7H,2,4,6H2,(H,19,20)(H,22,24). The summed E-state index contributed by atoms with van der Waals surface area (Å²) in [5, 5.41) is 19.8. The molecule has 0 fully saturated rings. The largest absolute Gasteiger partial charge is 0.282 e. The fraction of sp³-hybridized carbons (Fsp3) is 0.200. The molecule has 0 amide bonds. The van der Waals surface area contributed by atoms with Crippen molar-refractivity contribution < 1.29 is 0 Å². The third-order valence-electron chi connectivity index (χ3n) is 3.96. The summed E-state index contributed by atoms with van der Waals surface area (Å²) in [5.41, 5.74) is 3.82. The molecule has 9 heteroatoms. The maximum atomic E-state index is 6.19. The normalized spacial score (nSPS) is 13.8. The van der Waals surface area contributed by atoms with Crippen LogP contribution in [0.3, 0.4) is 0 Å². The molecule has 2 heterocycles. The van der Waals surface area contributed by atoms with Crippen molar-refractivity contribution in [1.29, 1.82) is 0 Å². The summed E-state index contributed by atoms with van der Waals surface area (Å²) in [4.78, 5) is 0. The number of nitrogens with zero attached hydrogens (tertiary/aromatic N) is 4. The van der Waals surface area contributed by atoms with Crippen LogP contribution in [-0.2, 0) is 12.8 Å². The molecule has 2 aromatic heterocycles. The van der Waals surface area contributed by atoms with Crippen molar-refractivity contribution in [3.8, 4) is 11.5 Å². The summed E-state index contributed by atoms with van der Waals surface area (Å²) in [6, 6.07) is 5.36. The summed E-state index contributed by atoms with van der Waals surface area (Å²) in [6.07, 6.45) is 4.71. The lowest BCUT2D eigenvalue weighted by Gasteiger charge is -2.01. The van der Waals surface area contributed by atoms with E-state index in [0.29, 0.717) is 26.2 Å². The number of nitrogens with one attached hydrogen (secondary N) is 2. The predicted molar refractivity (Wildman–Crippen MR) is 96.5 cm³/mol. The van der Waals surface area contributed by atoms with E-state index in [1.54, 1.807) is 17.0 Å². The number of hydrogen-bond donors (Lipinski definition) is 2. The molecule has 6 nitrogen and oxygen atoms in total. The smallest absolute Gasteiger partial charge is 0.216 e. The molecule has 3 aromatic rings. The first-order valence-electron chi connectivity index (χ1n) is 7.37. The van der Waals surface area contributed by atoms with E-state index in [9.17, 15) is 0 Å². The van der Waals surface area contributed by atoms with Gasteiger partial charge in [-0.25, -0.2) is 5.10 Å². The number of H-pyrrole nitrogens is 2. The SMILES string of the molecule is S=c1[nH]nc(-c2n[nH]c3c2CCC3)n1N=Cc1cccc(Cl)c1Cl. The highest BCUT2D eigenvalue weighted by Crippen LogP contribution is 2.29. The lowest BCUT2D eigenvalue weighted by atomic mass is 10.2. The van der Waals surface area contributed by atoms with E-state index in [0.717, 1.165) is 30.7 Å². The molecule has 0 saturated carbocycles. The third kappa shape index (κ3) is 2.58. The first-order chi connectivity index (χ1) is 11.6. The molecule has 2 N–H and O–H groups in total. The Balaban J connectivity index is 1.77. The first-order valence-corrected chi connectivity index (χ1v) is 8.54. The van der Waals surface area contributed by atoms with Crippen LogP contribution in [0.25, 0.3) is 11.5 Å². The molecule has 0 spiro atoms. The molecule has 0 bridgehead atoms. The summed E-state index contributed by atoms with van der Waals surface area (Å²) >= 11 is 17.5. The molecule has 0 saturated heterocycles. The van der Waals surface area contributed by atoms with E-state index in [1.165, 1.54) is 5.56 Å². The minimum absolute atomic E-state index is 0.383. The van der Waals surface area contributed by atoms with Crippen LogP contribution in [0.2, 0.25) is 10.0 Å². The van der Waals surface area contributed by atoms with Crippen molar-refractivity contribution in [2.24, 2.45) is 5.10 Å². The number of halogens is 2. The number of fused-ring (bicyclic) bond motifs is 1. The van der Waals surface area contributed by atoms with Crippen LogP contribution in [0.1, 0.15) is 23.2 Å². The minimum atomic E-state index is 0.383. The number of hydrogen-bond acceptors (Lipinski definition) is 4. The number of aromatic amines is 2. The van der Waals surface area contributed by atoms with Crippen LogP contribution in [0.15, 0.2) is 23.3 Å². The van der Waals surface area contributed by atoms with Crippen LogP contribution >= 0.6 is 35.4 Å². The zero-order chi connectivity index (χ0) is 16.7.